The minimum absolute atomic E-state index is 0.0324. The van der Waals surface area contributed by atoms with Gasteiger partial charge in [-0.15, -0.1) is 0 Å². The van der Waals surface area contributed by atoms with Crippen molar-refractivity contribution < 1.29 is 19.1 Å². The molecule has 0 aromatic heterocycles. The van der Waals surface area contributed by atoms with Crippen LogP contribution in [-0.4, -0.2) is 68.2 Å². The number of likely N-dealkylation sites (tertiary alicyclic amines) is 1. The van der Waals surface area contributed by atoms with Crippen LogP contribution in [-0.2, 0) is 14.3 Å². The number of ether oxygens (including phenoxy) is 1. The average molecular weight is 340 g/mol. The number of nitrogens with one attached hydrogen (secondary N) is 3. The van der Waals surface area contributed by atoms with E-state index in [0.717, 1.165) is 64.7 Å². The molecule has 3 fully saturated rings. The molecule has 0 aromatic carbocycles. The van der Waals surface area contributed by atoms with Crippen LogP contribution in [0.3, 0.4) is 0 Å². The topological polar surface area (TPSA) is 99.8 Å². The third kappa shape index (κ3) is 5.45. The lowest BCUT2D eigenvalue weighted by Crippen LogP contribution is -2.48. The van der Waals surface area contributed by atoms with Gasteiger partial charge in [-0.3, -0.25) is 14.9 Å². The van der Waals surface area contributed by atoms with Crippen molar-refractivity contribution in [3.05, 3.63) is 0 Å². The predicted octanol–water partition coefficient (Wildman–Crippen LogP) is -0.0182. The molecule has 3 saturated heterocycles. The first-order valence-corrected chi connectivity index (χ1v) is 8.76. The van der Waals surface area contributed by atoms with Gasteiger partial charge in [0, 0.05) is 13.1 Å². The molecule has 0 radical (unpaired) electrons. The van der Waals surface area contributed by atoms with Crippen LogP contribution in [0.15, 0.2) is 0 Å². The summed E-state index contributed by atoms with van der Waals surface area (Å²) < 4.78 is 4.53. The van der Waals surface area contributed by atoms with Gasteiger partial charge in [-0.2, -0.15) is 0 Å². The van der Waals surface area contributed by atoms with Gasteiger partial charge >= 0.3 is 12.0 Å². The maximum atomic E-state index is 11.6. The molecule has 3 heterocycles. The minimum Gasteiger partial charge on any atom is -0.468 e. The molecule has 0 aromatic rings. The van der Waals surface area contributed by atoms with Gasteiger partial charge in [0.05, 0.1) is 13.2 Å². The number of imide groups is 1. The number of amides is 3. The Hall–Kier alpha value is -1.67. The molecular weight excluding hydrogens is 312 g/mol. The number of hydrogen-bond donors (Lipinski definition) is 3. The van der Waals surface area contributed by atoms with Crippen molar-refractivity contribution in [1.29, 1.82) is 0 Å². The van der Waals surface area contributed by atoms with Crippen molar-refractivity contribution in [3.8, 4) is 0 Å². The second-order valence-electron chi connectivity index (χ2n) is 6.31. The molecule has 8 heteroatoms. The number of nitrogens with zero attached hydrogens (tertiary/aromatic N) is 1. The summed E-state index contributed by atoms with van der Waals surface area (Å²) in [6.07, 6.45) is 5.94. The Morgan fingerprint density at radius 2 is 1.54 bits per heavy atom. The van der Waals surface area contributed by atoms with E-state index < -0.39 is 0 Å². The van der Waals surface area contributed by atoms with Crippen LogP contribution in [0.4, 0.5) is 4.79 Å². The van der Waals surface area contributed by atoms with Crippen LogP contribution in [0.5, 0.6) is 0 Å². The van der Waals surface area contributed by atoms with Gasteiger partial charge in [-0.25, -0.2) is 4.79 Å². The van der Waals surface area contributed by atoms with E-state index >= 15 is 0 Å². The summed E-state index contributed by atoms with van der Waals surface area (Å²) in [5.41, 5.74) is 0. The first kappa shape index (κ1) is 18.7. The molecule has 3 rings (SSSR count). The molecule has 0 saturated carbocycles. The predicted molar refractivity (Wildman–Crippen MR) is 88.4 cm³/mol. The van der Waals surface area contributed by atoms with E-state index in [0.29, 0.717) is 0 Å². The Kier molecular flexibility index (Phi) is 7.45. The fraction of sp³-hybridized carbons (Fsp3) is 0.812. The Bertz CT molecular complexity index is 413. The van der Waals surface area contributed by atoms with Crippen molar-refractivity contribution in [2.45, 2.75) is 50.6 Å². The molecule has 24 heavy (non-hydrogen) atoms. The fourth-order valence-corrected chi connectivity index (χ4v) is 3.13. The van der Waals surface area contributed by atoms with Crippen molar-refractivity contribution >= 4 is 17.9 Å². The van der Waals surface area contributed by atoms with Crippen molar-refractivity contribution in [1.82, 2.24) is 20.9 Å². The number of esters is 1. The maximum Gasteiger partial charge on any atom is 0.324 e. The van der Waals surface area contributed by atoms with Gasteiger partial charge in [-0.1, -0.05) is 0 Å². The average Bonchev–Trinajstić information content (AvgIpc) is 3.37. The number of carbonyl (C=O) groups excluding carboxylic acids is 3. The highest BCUT2D eigenvalue weighted by atomic mass is 16.5. The molecule has 3 amide bonds. The van der Waals surface area contributed by atoms with E-state index in [1.807, 2.05) is 0 Å². The third-order valence-electron chi connectivity index (χ3n) is 4.55. The Balaban J connectivity index is 0.000000198. The van der Waals surface area contributed by atoms with Gasteiger partial charge in [0.2, 0.25) is 5.91 Å². The van der Waals surface area contributed by atoms with E-state index in [9.17, 15) is 14.4 Å². The molecule has 3 aliphatic rings. The van der Waals surface area contributed by atoms with Gasteiger partial charge in [0.15, 0.2) is 0 Å². The smallest absolute Gasteiger partial charge is 0.324 e. The Labute approximate surface area is 142 Å². The molecule has 8 nitrogen and oxygen atoms in total. The molecule has 0 unspecified atom stereocenters. The number of rotatable bonds is 2. The van der Waals surface area contributed by atoms with Crippen LogP contribution in [0.2, 0.25) is 0 Å². The molecule has 136 valence electrons. The largest absolute Gasteiger partial charge is 0.468 e. The first-order chi connectivity index (χ1) is 11.6. The van der Waals surface area contributed by atoms with E-state index in [4.69, 9.17) is 0 Å². The van der Waals surface area contributed by atoms with Crippen molar-refractivity contribution in [2.24, 2.45) is 0 Å². The second kappa shape index (κ2) is 9.58. The van der Waals surface area contributed by atoms with Gasteiger partial charge in [-0.05, 0) is 51.6 Å². The monoisotopic (exact) mass is 340 g/mol. The molecular formula is C16H28N4O4. The van der Waals surface area contributed by atoms with Crippen LogP contribution in [0.1, 0.15) is 38.5 Å². The van der Waals surface area contributed by atoms with E-state index in [-0.39, 0.29) is 30.0 Å². The summed E-state index contributed by atoms with van der Waals surface area (Å²) in [4.78, 5) is 35.6. The van der Waals surface area contributed by atoms with Crippen LogP contribution >= 0.6 is 0 Å². The number of methoxy groups -OCH3 is 1. The summed E-state index contributed by atoms with van der Waals surface area (Å²) in [5, 5.41) is 8.55. The highest BCUT2D eigenvalue weighted by Gasteiger charge is 2.26. The summed E-state index contributed by atoms with van der Waals surface area (Å²) in [6.45, 7) is 3.37. The zero-order chi connectivity index (χ0) is 17.4. The molecule has 3 aliphatic heterocycles. The van der Waals surface area contributed by atoms with Gasteiger partial charge in [0.25, 0.3) is 0 Å². The highest BCUT2D eigenvalue weighted by molar-refractivity contribution is 5.97. The minimum atomic E-state index is -0.230. The Morgan fingerprint density at radius 3 is 2.04 bits per heavy atom. The SMILES string of the molecule is COC(=O)[C@@H]1CCCN1.O=C(NC(=O)N1CCCC1)[C@@H]1CCCN1. The van der Waals surface area contributed by atoms with Crippen LogP contribution in [0, 0.1) is 0 Å². The molecule has 2 atom stereocenters. The number of carbonyl (C=O) groups is 3. The zero-order valence-electron chi connectivity index (χ0n) is 14.3. The van der Waals surface area contributed by atoms with Crippen LogP contribution < -0.4 is 16.0 Å². The lowest BCUT2D eigenvalue weighted by atomic mass is 10.2. The zero-order valence-corrected chi connectivity index (χ0v) is 14.3. The second-order valence-corrected chi connectivity index (χ2v) is 6.31. The molecule has 0 bridgehead atoms. The molecule has 3 N–H and O–H groups in total. The molecule has 0 aliphatic carbocycles. The normalized spacial score (nSPS) is 25.8. The Morgan fingerprint density at radius 1 is 0.958 bits per heavy atom. The first-order valence-electron chi connectivity index (χ1n) is 8.76. The standard InChI is InChI=1S/C10H17N3O2.C6H11NO2/c14-9(8-4-3-5-11-8)12-10(15)13-6-1-2-7-13;1-9-6(8)5-3-2-4-7-5/h8,11H,1-7H2,(H,12,14,15);5,7H,2-4H2,1H3/t8-;5-/m00/s1. The number of urea groups is 1. The lowest BCUT2D eigenvalue weighted by molar-refractivity contribution is -0.142. The lowest BCUT2D eigenvalue weighted by Gasteiger charge is -2.17. The van der Waals surface area contributed by atoms with Gasteiger partial charge in [0.1, 0.15) is 6.04 Å². The highest BCUT2D eigenvalue weighted by Crippen LogP contribution is 2.08. The van der Waals surface area contributed by atoms with Gasteiger partial charge < -0.3 is 20.3 Å². The van der Waals surface area contributed by atoms with Crippen LogP contribution in [0.25, 0.3) is 0 Å². The molecule has 0 spiro atoms. The summed E-state index contributed by atoms with van der Waals surface area (Å²) in [7, 11) is 1.42. The number of hydrogen-bond acceptors (Lipinski definition) is 6. The van der Waals surface area contributed by atoms with Crippen molar-refractivity contribution in [3.63, 3.8) is 0 Å². The maximum absolute atomic E-state index is 11.6. The van der Waals surface area contributed by atoms with E-state index in [1.54, 1.807) is 4.90 Å². The third-order valence-corrected chi connectivity index (χ3v) is 4.55. The van der Waals surface area contributed by atoms with E-state index in [1.165, 1.54) is 7.11 Å². The quantitative estimate of drug-likeness (QED) is 0.611. The summed E-state index contributed by atoms with van der Waals surface area (Å²) in [6, 6.07) is -0.433. The fourth-order valence-electron chi connectivity index (χ4n) is 3.13. The van der Waals surface area contributed by atoms with Crippen molar-refractivity contribution in [2.75, 3.05) is 33.3 Å². The summed E-state index contributed by atoms with van der Waals surface area (Å²) in [5.74, 6) is -0.308. The summed E-state index contributed by atoms with van der Waals surface area (Å²) >= 11 is 0. The van der Waals surface area contributed by atoms with E-state index in [2.05, 4.69) is 20.7 Å².